The Labute approximate surface area is 199 Å². The molecule has 0 radical (unpaired) electrons. The molecule has 1 aliphatic carbocycles. The summed E-state index contributed by atoms with van der Waals surface area (Å²) in [6.07, 6.45) is 17.1. The van der Waals surface area contributed by atoms with Crippen LogP contribution in [-0.2, 0) is 17.6 Å². The van der Waals surface area contributed by atoms with Crippen molar-refractivity contribution in [2.45, 2.75) is 97.3 Å². The second kappa shape index (κ2) is 14.0. The molecule has 0 spiro atoms. The van der Waals surface area contributed by atoms with E-state index in [0.29, 0.717) is 12.4 Å². The van der Waals surface area contributed by atoms with Crippen LogP contribution in [0.5, 0.6) is 5.75 Å². The highest BCUT2D eigenvalue weighted by Crippen LogP contribution is 2.29. The van der Waals surface area contributed by atoms with E-state index >= 15 is 0 Å². The van der Waals surface area contributed by atoms with Crippen molar-refractivity contribution >= 4 is 6.16 Å². The molecule has 0 fully saturated rings. The molecule has 0 amide bonds. The fraction of sp³-hybridized carbons (Fsp3) is 0.607. The molecule has 0 aliphatic heterocycles. The van der Waals surface area contributed by atoms with Crippen LogP contribution in [-0.4, -0.2) is 22.7 Å². The molecule has 0 saturated carbocycles. The number of fused-ring (bicyclic) bond motifs is 1. The topological polar surface area (TPSA) is 61.3 Å². The van der Waals surface area contributed by atoms with Gasteiger partial charge in [0.15, 0.2) is 5.82 Å². The maximum atomic E-state index is 11.8. The van der Waals surface area contributed by atoms with Gasteiger partial charge in [0.2, 0.25) is 0 Å². The predicted molar refractivity (Wildman–Crippen MR) is 132 cm³/mol. The summed E-state index contributed by atoms with van der Waals surface area (Å²) >= 11 is 0. The Hall–Kier alpha value is -2.43. The molecule has 1 atom stereocenters. The zero-order valence-corrected chi connectivity index (χ0v) is 20.5. The summed E-state index contributed by atoms with van der Waals surface area (Å²) in [7, 11) is 0. The normalized spacial score (nSPS) is 15.2. The number of carbonyl (C=O) groups excluding carboxylic acids is 1. The van der Waals surface area contributed by atoms with Crippen LogP contribution in [0.15, 0.2) is 30.5 Å². The van der Waals surface area contributed by atoms with E-state index in [1.165, 1.54) is 56.2 Å². The maximum Gasteiger partial charge on any atom is 0.513 e. The molecule has 2 aromatic rings. The van der Waals surface area contributed by atoms with Gasteiger partial charge in [0, 0.05) is 17.5 Å². The van der Waals surface area contributed by atoms with Crippen molar-refractivity contribution in [3.05, 3.63) is 41.7 Å². The number of unbranched alkanes of at least 4 members (excludes halogenated alkanes) is 7. The van der Waals surface area contributed by atoms with Crippen LogP contribution in [0.1, 0.15) is 95.7 Å². The number of aryl methyl sites for hydroxylation is 1. The first-order valence-corrected chi connectivity index (χ1v) is 13.0. The Morgan fingerprint density at radius 1 is 0.970 bits per heavy atom. The Kier molecular flexibility index (Phi) is 10.7. The maximum absolute atomic E-state index is 11.8. The highest BCUT2D eigenvalue weighted by molar-refractivity contribution is 5.65. The van der Waals surface area contributed by atoms with E-state index in [0.717, 1.165) is 55.8 Å². The fourth-order valence-electron chi connectivity index (χ4n) is 4.49. The average Bonchev–Trinajstić information content (AvgIpc) is 2.84. The SMILES string of the molecule is CCCCCCCC1CCc2nc(-c3ccc(OC(=O)OCCCCCC)cc3)ncc2C1. The van der Waals surface area contributed by atoms with E-state index in [-0.39, 0.29) is 0 Å². The minimum Gasteiger partial charge on any atom is -0.434 e. The second-order valence-electron chi connectivity index (χ2n) is 9.26. The minimum absolute atomic E-state index is 0.402. The summed E-state index contributed by atoms with van der Waals surface area (Å²) in [5.41, 5.74) is 3.43. The third-order valence-corrected chi connectivity index (χ3v) is 6.50. The summed E-state index contributed by atoms with van der Waals surface area (Å²) in [5.74, 6) is 1.98. The monoisotopic (exact) mass is 452 g/mol. The number of aromatic nitrogens is 2. The zero-order valence-electron chi connectivity index (χ0n) is 20.5. The summed E-state index contributed by atoms with van der Waals surface area (Å²) < 4.78 is 10.4. The van der Waals surface area contributed by atoms with Gasteiger partial charge >= 0.3 is 6.16 Å². The van der Waals surface area contributed by atoms with Crippen molar-refractivity contribution in [3.8, 4) is 17.1 Å². The van der Waals surface area contributed by atoms with Gasteiger partial charge in [-0.25, -0.2) is 14.8 Å². The van der Waals surface area contributed by atoms with Crippen molar-refractivity contribution in [1.82, 2.24) is 9.97 Å². The molecule has 0 bridgehead atoms. The number of hydrogen-bond acceptors (Lipinski definition) is 5. The first kappa shape index (κ1) is 25.2. The molecule has 5 nitrogen and oxygen atoms in total. The number of ether oxygens (including phenoxy) is 2. The largest absolute Gasteiger partial charge is 0.513 e. The van der Waals surface area contributed by atoms with Crippen molar-refractivity contribution < 1.29 is 14.3 Å². The lowest BCUT2D eigenvalue weighted by Gasteiger charge is -2.24. The van der Waals surface area contributed by atoms with Crippen LogP contribution in [0.25, 0.3) is 11.4 Å². The molecule has 1 aromatic heterocycles. The second-order valence-corrected chi connectivity index (χ2v) is 9.26. The zero-order chi connectivity index (χ0) is 23.3. The van der Waals surface area contributed by atoms with Gasteiger partial charge in [-0.1, -0.05) is 71.6 Å². The molecule has 180 valence electrons. The number of nitrogens with zero attached hydrogens (tertiary/aromatic N) is 2. The van der Waals surface area contributed by atoms with Crippen LogP contribution in [0, 0.1) is 5.92 Å². The summed E-state index contributed by atoms with van der Waals surface area (Å²) in [4.78, 5) is 21.3. The number of carbonyl (C=O) groups is 1. The van der Waals surface area contributed by atoms with Gasteiger partial charge in [-0.05, 0) is 61.4 Å². The molecule has 1 aliphatic rings. The molecule has 0 saturated heterocycles. The standard InChI is InChI=1S/C28H40N2O3/c1-3-5-7-9-10-12-22-13-18-26-24(20-22)21-29-27(30-26)23-14-16-25(17-15-23)33-28(31)32-19-11-8-6-4-2/h14-17,21-22H,3-13,18-20H2,1-2H3. The Morgan fingerprint density at radius 2 is 1.70 bits per heavy atom. The highest BCUT2D eigenvalue weighted by Gasteiger charge is 2.20. The van der Waals surface area contributed by atoms with Gasteiger partial charge in [-0.15, -0.1) is 0 Å². The van der Waals surface area contributed by atoms with Crippen molar-refractivity contribution in [1.29, 1.82) is 0 Å². The summed E-state index contributed by atoms with van der Waals surface area (Å²) in [6.45, 7) is 4.82. The third kappa shape index (κ3) is 8.45. The number of hydrogen-bond donors (Lipinski definition) is 0. The van der Waals surface area contributed by atoms with Gasteiger partial charge in [0.1, 0.15) is 5.75 Å². The van der Waals surface area contributed by atoms with E-state index in [9.17, 15) is 4.79 Å². The fourth-order valence-corrected chi connectivity index (χ4v) is 4.49. The van der Waals surface area contributed by atoms with Gasteiger partial charge in [0.05, 0.1) is 6.61 Å². The summed E-state index contributed by atoms with van der Waals surface area (Å²) in [6, 6.07) is 7.33. The van der Waals surface area contributed by atoms with Crippen LogP contribution >= 0.6 is 0 Å². The number of rotatable bonds is 13. The van der Waals surface area contributed by atoms with E-state index in [1.807, 2.05) is 18.3 Å². The molecule has 1 unspecified atom stereocenters. The Bertz CT molecular complexity index is 851. The van der Waals surface area contributed by atoms with E-state index < -0.39 is 6.16 Å². The lowest BCUT2D eigenvalue weighted by molar-refractivity contribution is 0.0973. The van der Waals surface area contributed by atoms with Gasteiger partial charge in [-0.3, -0.25) is 0 Å². The van der Waals surface area contributed by atoms with Gasteiger partial charge < -0.3 is 9.47 Å². The Morgan fingerprint density at radius 3 is 2.45 bits per heavy atom. The van der Waals surface area contributed by atoms with Crippen molar-refractivity contribution in [2.24, 2.45) is 5.92 Å². The van der Waals surface area contributed by atoms with Crippen LogP contribution in [0.4, 0.5) is 4.79 Å². The Balaban J connectivity index is 1.47. The molecule has 5 heteroatoms. The molecule has 3 rings (SSSR count). The lowest BCUT2D eigenvalue weighted by Crippen LogP contribution is -2.16. The van der Waals surface area contributed by atoms with Gasteiger partial charge in [-0.2, -0.15) is 0 Å². The van der Waals surface area contributed by atoms with Crippen molar-refractivity contribution in [2.75, 3.05) is 6.61 Å². The minimum atomic E-state index is -0.649. The van der Waals surface area contributed by atoms with Crippen LogP contribution in [0.2, 0.25) is 0 Å². The lowest BCUT2D eigenvalue weighted by atomic mass is 9.84. The molecular weight excluding hydrogens is 412 g/mol. The smallest absolute Gasteiger partial charge is 0.434 e. The van der Waals surface area contributed by atoms with E-state index in [1.54, 1.807) is 12.1 Å². The molecule has 1 aromatic carbocycles. The number of benzene rings is 1. The molecular formula is C28H40N2O3. The highest BCUT2D eigenvalue weighted by atomic mass is 16.7. The average molecular weight is 453 g/mol. The quantitative estimate of drug-likeness (QED) is 0.177. The van der Waals surface area contributed by atoms with Gasteiger partial charge in [0.25, 0.3) is 0 Å². The first-order valence-electron chi connectivity index (χ1n) is 13.0. The van der Waals surface area contributed by atoms with Crippen LogP contribution in [0.3, 0.4) is 0 Å². The van der Waals surface area contributed by atoms with E-state index in [4.69, 9.17) is 14.5 Å². The van der Waals surface area contributed by atoms with E-state index in [2.05, 4.69) is 18.8 Å². The van der Waals surface area contributed by atoms with Crippen molar-refractivity contribution in [3.63, 3.8) is 0 Å². The molecule has 33 heavy (non-hydrogen) atoms. The molecule has 1 heterocycles. The summed E-state index contributed by atoms with van der Waals surface area (Å²) in [5, 5.41) is 0. The van der Waals surface area contributed by atoms with Crippen LogP contribution < -0.4 is 4.74 Å². The molecule has 0 N–H and O–H groups in total. The predicted octanol–water partition coefficient (Wildman–Crippen LogP) is 7.70. The third-order valence-electron chi connectivity index (χ3n) is 6.50. The first-order chi connectivity index (χ1) is 16.2.